The van der Waals surface area contributed by atoms with E-state index in [0.29, 0.717) is 38.2 Å². The number of ether oxygens (including phenoxy) is 1. The number of aryl methyl sites for hydroxylation is 1. The molecule has 1 aliphatic heterocycles. The van der Waals surface area contributed by atoms with Gasteiger partial charge in [-0.25, -0.2) is 4.68 Å². The van der Waals surface area contributed by atoms with E-state index in [-0.39, 0.29) is 17.6 Å². The average Bonchev–Trinajstić information content (AvgIpc) is 2.68. The van der Waals surface area contributed by atoms with Crippen molar-refractivity contribution in [3.8, 4) is 5.69 Å². The molecule has 0 N–H and O–H groups in total. The molecule has 1 amide bonds. The molecule has 0 atom stereocenters. The summed E-state index contributed by atoms with van der Waals surface area (Å²) in [5, 5.41) is 4.32. The number of hydrogen-bond acceptors (Lipinski definition) is 5. The lowest BCUT2D eigenvalue weighted by atomic mass is 9.97. The predicted octanol–water partition coefficient (Wildman–Crippen LogP) is 1.96. The maximum Gasteiger partial charge on any atom is 0.309 e. The van der Waals surface area contributed by atoms with Crippen LogP contribution in [0.15, 0.2) is 41.2 Å². The number of rotatable bonds is 4. The van der Waals surface area contributed by atoms with E-state index in [4.69, 9.17) is 4.74 Å². The number of amides is 1. The van der Waals surface area contributed by atoms with Crippen molar-refractivity contribution in [2.75, 3.05) is 19.7 Å². The molecule has 0 unspecified atom stereocenters. The Hall–Kier alpha value is -2.96. The molecule has 7 nitrogen and oxygen atoms in total. The second-order valence-corrected chi connectivity index (χ2v) is 6.56. The number of benzene rings is 1. The van der Waals surface area contributed by atoms with E-state index in [1.54, 1.807) is 23.4 Å². The third-order valence-corrected chi connectivity index (χ3v) is 4.71. The van der Waals surface area contributed by atoms with Gasteiger partial charge in [-0.2, -0.15) is 5.10 Å². The van der Waals surface area contributed by atoms with Gasteiger partial charge in [-0.1, -0.05) is 18.2 Å². The summed E-state index contributed by atoms with van der Waals surface area (Å²) in [5.41, 5.74) is 0.949. The van der Waals surface area contributed by atoms with Crippen molar-refractivity contribution in [2.45, 2.75) is 26.7 Å². The molecule has 27 heavy (non-hydrogen) atoms. The fraction of sp³-hybridized carbons (Fsp3) is 0.400. The first-order valence-corrected chi connectivity index (χ1v) is 9.13. The van der Waals surface area contributed by atoms with Gasteiger partial charge < -0.3 is 9.64 Å². The SMILES string of the molecule is CCOC(=O)C1CCN(C(=O)c2nn(-c3ccccc3)c(C)cc2=O)CC1. The zero-order chi connectivity index (χ0) is 19.4. The second-order valence-electron chi connectivity index (χ2n) is 6.56. The molecule has 2 heterocycles. The molecule has 3 rings (SSSR count). The lowest BCUT2D eigenvalue weighted by Crippen LogP contribution is -2.43. The van der Waals surface area contributed by atoms with E-state index in [0.717, 1.165) is 5.69 Å². The smallest absolute Gasteiger partial charge is 0.309 e. The van der Waals surface area contributed by atoms with Gasteiger partial charge in [0.15, 0.2) is 5.69 Å². The summed E-state index contributed by atoms with van der Waals surface area (Å²) in [6, 6.07) is 10.8. The van der Waals surface area contributed by atoms with Crippen LogP contribution in [0.2, 0.25) is 0 Å². The van der Waals surface area contributed by atoms with Gasteiger partial charge in [0.05, 0.1) is 18.2 Å². The van der Waals surface area contributed by atoms with Crippen LogP contribution in [0, 0.1) is 12.8 Å². The summed E-state index contributed by atoms with van der Waals surface area (Å²) < 4.78 is 6.65. The zero-order valence-corrected chi connectivity index (χ0v) is 15.6. The standard InChI is InChI=1S/C20H23N3O4/c1-3-27-20(26)15-9-11-22(12-10-15)19(25)18-17(24)13-14(2)23(21-18)16-7-5-4-6-8-16/h4-8,13,15H,3,9-12H2,1-2H3. The molecule has 0 aliphatic carbocycles. The fourth-order valence-corrected chi connectivity index (χ4v) is 3.25. The van der Waals surface area contributed by atoms with Gasteiger partial charge in [-0.15, -0.1) is 0 Å². The Morgan fingerprint density at radius 1 is 1.19 bits per heavy atom. The Labute approximate surface area is 157 Å². The first kappa shape index (κ1) is 18.8. The van der Waals surface area contributed by atoms with Crippen LogP contribution in [0.3, 0.4) is 0 Å². The van der Waals surface area contributed by atoms with Crippen molar-refractivity contribution in [3.05, 3.63) is 58.0 Å². The van der Waals surface area contributed by atoms with E-state index in [2.05, 4.69) is 5.10 Å². The molecule has 7 heteroatoms. The molecule has 1 fully saturated rings. The first-order valence-electron chi connectivity index (χ1n) is 9.13. The van der Waals surface area contributed by atoms with Crippen molar-refractivity contribution in [1.29, 1.82) is 0 Å². The van der Waals surface area contributed by atoms with Crippen LogP contribution in [-0.2, 0) is 9.53 Å². The van der Waals surface area contributed by atoms with Crippen molar-refractivity contribution >= 4 is 11.9 Å². The highest BCUT2D eigenvalue weighted by Gasteiger charge is 2.30. The first-order chi connectivity index (χ1) is 13.0. The van der Waals surface area contributed by atoms with Crippen LogP contribution in [0.4, 0.5) is 0 Å². The summed E-state index contributed by atoms with van der Waals surface area (Å²) in [7, 11) is 0. The van der Waals surface area contributed by atoms with Crippen LogP contribution in [0.5, 0.6) is 0 Å². The van der Waals surface area contributed by atoms with E-state index in [9.17, 15) is 14.4 Å². The molecule has 2 aromatic rings. The largest absolute Gasteiger partial charge is 0.466 e. The third-order valence-electron chi connectivity index (χ3n) is 4.71. The summed E-state index contributed by atoms with van der Waals surface area (Å²) in [6.07, 6.45) is 1.06. The van der Waals surface area contributed by atoms with Gasteiger partial charge in [0.25, 0.3) is 5.91 Å². The molecule has 0 saturated carbocycles. The van der Waals surface area contributed by atoms with Crippen molar-refractivity contribution < 1.29 is 14.3 Å². The number of carbonyl (C=O) groups excluding carboxylic acids is 2. The predicted molar refractivity (Wildman–Crippen MR) is 99.8 cm³/mol. The zero-order valence-electron chi connectivity index (χ0n) is 15.6. The molecule has 0 radical (unpaired) electrons. The summed E-state index contributed by atoms with van der Waals surface area (Å²) in [5.74, 6) is -0.808. The highest BCUT2D eigenvalue weighted by molar-refractivity contribution is 5.92. The maximum atomic E-state index is 12.9. The molecular formula is C20H23N3O4. The normalized spacial score (nSPS) is 14.8. The summed E-state index contributed by atoms with van der Waals surface area (Å²) in [6.45, 7) is 4.72. The van der Waals surface area contributed by atoms with E-state index in [1.807, 2.05) is 30.3 Å². The Morgan fingerprint density at radius 3 is 2.48 bits per heavy atom. The highest BCUT2D eigenvalue weighted by atomic mass is 16.5. The highest BCUT2D eigenvalue weighted by Crippen LogP contribution is 2.20. The van der Waals surface area contributed by atoms with Gasteiger partial charge in [-0.3, -0.25) is 14.4 Å². The van der Waals surface area contributed by atoms with E-state index >= 15 is 0 Å². The number of nitrogens with zero attached hydrogens (tertiary/aromatic N) is 3. The molecule has 0 bridgehead atoms. The minimum absolute atomic E-state index is 0.0981. The molecule has 1 aliphatic rings. The Kier molecular flexibility index (Phi) is 5.69. The number of carbonyl (C=O) groups is 2. The number of esters is 1. The van der Waals surface area contributed by atoms with Crippen LogP contribution >= 0.6 is 0 Å². The van der Waals surface area contributed by atoms with Crippen molar-refractivity contribution in [1.82, 2.24) is 14.7 Å². The Balaban J connectivity index is 1.80. The second kappa shape index (κ2) is 8.16. The van der Waals surface area contributed by atoms with Crippen LogP contribution in [0.25, 0.3) is 5.69 Å². The molecule has 1 aromatic heterocycles. The van der Waals surface area contributed by atoms with Gasteiger partial charge in [0.1, 0.15) is 0 Å². The molecule has 0 spiro atoms. The minimum atomic E-state index is -0.396. The molecular weight excluding hydrogens is 346 g/mol. The van der Waals surface area contributed by atoms with Crippen LogP contribution < -0.4 is 5.43 Å². The van der Waals surface area contributed by atoms with Crippen LogP contribution in [0.1, 0.15) is 35.9 Å². The summed E-state index contributed by atoms with van der Waals surface area (Å²) in [4.78, 5) is 38.7. The molecule has 1 saturated heterocycles. The van der Waals surface area contributed by atoms with Gasteiger partial charge in [-0.05, 0) is 38.8 Å². The lowest BCUT2D eigenvalue weighted by molar-refractivity contribution is -0.149. The quantitative estimate of drug-likeness (QED) is 0.770. The minimum Gasteiger partial charge on any atom is -0.466 e. The van der Waals surface area contributed by atoms with Gasteiger partial charge in [0, 0.05) is 24.8 Å². The number of para-hydroxylation sites is 1. The molecule has 1 aromatic carbocycles. The monoisotopic (exact) mass is 369 g/mol. The third kappa shape index (κ3) is 4.07. The number of aromatic nitrogens is 2. The van der Waals surface area contributed by atoms with Gasteiger partial charge in [0.2, 0.25) is 5.43 Å². The number of piperidine rings is 1. The lowest BCUT2D eigenvalue weighted by Gasteiger charge is -2.30. The average molecular weight is 369 g/mol. The van der Waals surface area contributed by atoms with Crippen molar-refractivity contribution in [2.24, 2.45) is 5.92 Å². The van der Waals surface area contributed by atoms with E-state index in [1.165, 1.54) is 6.07 Å². The number of likely N-dealkylation sites (tertiary alicyclic amines) is 1. The summed E-state index contributed by atoms with van der Waals surface area (Å²) >= 11 is 0. The molecule has 142 valence electrons. The van der Waals surface area contributed by atoms with Gasteiger partial charge >= 0.3 is 5.97 Å². The van der Waals surface area contributed by atoms with E-state index < -0.39 is 11.3 Å². The van der Waals surface area contributed by atoms with Crippen molar-refractivity contribution in [3.63, 3.8) is 0 Å². The topological polar surface area (TPSA) is 81.5 Å². The number of hydrogen-bond donors (Lipinski definition) is 0. The Morgan fingerprint density at radius 2 is 1.85 bits per heavy atom. The maximum absolute atomic E-state index is 12.9. The van der Waals surface area contributed by atoms with Crippen LogP contribution in [-0.4, -0.2) is 46.3 Å². The Bertz CT molecular complexity index is 884. The fourth-order valence-electron chi connectivity index (χ4n) is 3.25.